The fourth-order valence-electron chi connectivity index (χ4n) is 3.27. The molecular formula is C21H20FNO4. The van der Waals surface area contributed by atoms with Crippen molar-refractivity contribution in [1.29, 1.82) is 0 Å². The van der Waals surface area contributed by atoms with Crippen molar-refractivity contribution in [3.8, 4) is 0 Å². The number of rotatable bonds is 5. The molecule has 6 heteroatoms. The predicted octanol–water partition coefficient (Wildman–Crippen LogP) is 3.04. The van der Waals surface area contributed by atoms with E-state index in [9.17, 15) is 19.8 Å². The number of pyridine rings is 1. The molecule has 3 rings (SSSR count). The minimum absolute atomic E-state index is 0.0623. The zero-order valence-corrected chi connectivity index (χ0v) is 15.1. The first-order valence-corrected chi connectivity index (χ1v) is 8.59. The van der Waals surface area contributed by atoms with Crippen LogP contribution >= 0.6 is 0 Å². The zero-order valence-electron chi connectivity index (χ0n) is 15.1. The van der Waals surface area contributed by atoms with Crippen LogP contribution in [-0.4, -0.2) is 27.4 Å². The number of nitrogens with zero attached hydrogens (tertiary/aromatic N) is 1. The highest BCUT2D eigenvalue weighted by Crippen LogP contribution is 2.24. The van der Waals surface area contributed by atoms with Crippen LogP contribution in [0.2, 0.25) is 0 Å². The number of hydrogen-bond donors (Lipinski definition) is 2. The summed E-state index contributed by atoms with van der Waals surface area (Å²) in [7, 11) is 0. The van der Waals surface area contributed by atoms with Gasteiger partial charge >= 0.3 is 5.97 Å². The quantitative estimate of drug-likeness (QED) is 0.725. The monoisotopic (exact) mass is 369 g/mol. The summed E-state index contributed by atoms with van der Waals surface area (Å²) in [5, 5.41) is 18.2. The highest BCUT2D eigenvalue weighted by molar-refractivity contribution is 5.93. The van der Waals surface area contributed by atoms with Gasteiger partial charge in [-0.05, 0) is 42.2 Å². The first-order chi connectivity index (χ1) is 12.8. The highest BCUT2D eigenvalue weighted by atomic mass is 19.1. The van der Waals surface area contributed by atoms with E-state index >= 15 is 4.39 Å². The molecule has 0 aliphatic rings. The van der Waals surface area contributed by atoms with Crippen LogP contribution < -0.4 is 5.43 Å². The van der Waals surface area contributed by atoms with Gasteiger partial charge in [-0.1, -0.05) is 24.3 Å². The Morgan fingerprint density at radius 1 is 1.15 bits per heavy atom. The van der Waals surface area contributed by atoms with E-state index in [0.717, 1.165) is 22.9 Å². The lowest BCUT2D eigenvalue weighted by molar-refractivity contribution is 0.0694. The lowest BCUT2D eigenvalue weighted by Gasteiger charge is -2.14. The molecule has 0 amide bonds. The van der Waals surface area contributed by atoms with Crippen molar-refractivity contribution in [2.45, 2.75) is 26.8 Å². The maximum absolute atomic E-state index is 15.2. The Balaban J connectivity index is 2.24. The van der Waals surface area contributed by atoms with Gasteiger partial charge in [0.15, 0.2) is 0 Å². The molecule has 0 saturated carbocycles. The molecule has 0 spiro atoms. The number of aliphatic hydroxyl groups is 1. The van der Waals surface area contributed by atoms with Crippen molar-refractivity contribution in [2.75, 3.05) is 6.61 Å². The molecule has 0 saturated heterocycles. The molecule has 27 heavy (non-hydrogen) atoms. The highest BCUT2D eigenvalue weighted by Gasteiger charge is 2.19. The Kier molecular flexibility index (Phi) is 5.10. The Labute approximate surface area is 155 Å². The number of carbonyl (C=O) groups is 1. The number of aryl methyl sites for hydroxylation is 1. The molecule has 1 aromatic heterocycles. The van der Waals surface area contributed by atoms with E-state index in [4.69, 9.17) is 0 Å². The molecule has 0 unspecified atom stereocenters. The van der Waals surface area contributed by atoms with Crippen molar-refractivity contribution in [3.05, 3.63) is 80.4 Å². The minimum atomic E-state index is -1.42. The van der Waals surface area contributed by atoms with Gasteiger partial charge in [0.2, 0.25) is 5.43 Å². The van der Waals surface area contributed by atoms with Crippen LogP contribution in [0, 0.1) is 19.7 Å². The van der Waals surface area contributed by atoms with Crippen LogP contribution in [0.5, 0.6) is 0 Å². The molecule has 0 bridgehead atoms. The summed E-state index contributed by atoms with van der Waals surface area (Å²) in [4.78, 5) is 24.0. The molecule has 0 radical (unpaired) electrons. The van der Waals surface area contributed by atoms with Gasteiger partial charge in [0.1, 0.15) is 11.4 Å². The van der Waals surface area contributed by atoms with Gasteiger partial charge in [-0.3, -0.25) is 4.79 Å². The third-order valence-corrected chi connectivity index (χ3v) is 4.94. The van der Waals surface area contributed by atoms with Crippen molar-refractivity contribution in [3.63, 3.8) is 0 Å². The summed E-state index contributed by atoms with van der Waals surface area (Å²) in [6, 6.07) is 8.98. The number of benzene rings is 2. The van der Waals surface area contributed by atoms with Gasteiger partial charge in [-0.15, -0.1) is 0 Å². The van der Waals surface area contributed by atoms with Crippen molar-refractivity contribution >= 4 is 16.9 Å². The standard InChI is InChI=1S/C21H20FNO4/c1-12-4-3-5-14(13(12)2)10-15-6-7-17-18(19(15)22)20(25)16(21(26)27)11-23(17)8-9-24/h3-7,11,24H,8-10H2,1-2H3,(H,26,27). The zero-order chi connectivity index (χ0) is 19.7. The van der Waals surface area contributed by atoms with Crippen molar-refractivity contribution < 1.29 is 19.4 Å². The first kappa shape index (κ1) is 18.8. The fraction of sp³-hybridized carbons (Fsp3) is 0.238. The number of hydrogen-bond acceptors (Lipinski definition) is 3. The van der Waals surface area contributed by atoms with E-state index in [1.807, 2.05) is 32.0 Å². The lowest BCUT2D eigenvalue weighted by Crippen LogP contribution is -2.21. The summed E-state index contributed by atoms with van der Waals surface area (Å²) < 4.78 is 16.6. The smallest absolute Gasteiger partial charge is 0.341 e. The normalized spacial score (nSPS) is 11.1. The van der Waals surface area contributed by atoms with E-state index in [1.165, 1.54) is 4.57 Å². The summed E-state index contributed by atoms with van der Waals surface area (Å²) in [6.45, 7) is 3.73. The third kappa shape index (κ3) is 3.36. The Hall–Kier alpha value is -2.99. The summed E-state index contributed by atoms with van der Waals surface area (Å²) >= 11 is 0. The lowest BCUT2D eigenvalue weighted by atomic mass is 9.96. The fourth-order valence-corrected chi connectivity index (χ4v) is 3.27. The van der Waals surface area contributed by atoms with Crippen LogP contribution in [-0.2, 0) is 13.0 Å². The Morgan fingerprint density at radius 2 is 1.89 bits per heavy atom. The molecule has 2 N–H and O–H groups in total. The number of aromatic nitrogens is 1. The molecule has 3 aromatic rings. The first-order valence-electron chi connectivity index (χ1n) is 8.59. The second kappa shape index (κ2) is 7.32. The Bertz CT molecular complexity index is 1100. The van der Waals surface area contributed by atoms with Gasteiger partial charge in [0.05, 0.1) is 17.5 Å². The topological polar surface area (TPSA) is 79.5 Å². The molecule has 0 fully saturated rings. The molecule has 1 heterocycles. The average Bonchev–Trinajstić information content (AvgIpc) is 2.62. The van der Waals surface area contributed by atoms with E-state index < -0.39 is 22.8 Å². The maximum Gasteiger partial charge on any atom is 0.341 e. The van der Waals surface area contributed by atoms with Crippen LogP contribution in [0.15, 0.2) is 41.3 Å². The summed E-state index contributed by atoms with van der Waals surface area (Å²) in [5.74, 6) is -2.14. The van der Waals surface area contributed by atoms with Gasteiger partial charge < -0.3 is 14.8 Å². The van der Waals surface area contributed by atoms with Crippen LogP contribution in [0.25, 0.3) is 10.9 Å². The summed E-state index contributed by atoms with van der Waals surface area (Å²) in [5.41, 5.74) is 2.30. The second-order valence-electron chi connectivity index (χ2n) is 6.56. The van der Waals surface area contributed by atoms with Gasteiger partial charge in [0.25, 0.3) is 0 Å². The molecule has 0 aliphatic heterocycles. The van der Waals surface area contributed by atoms with E-state index in [2.05, 4.69) is 0 Å². The summed E-state index contributed by atoms with van der Waals surface area (Å²) in [6.07, 6.45) is 1.44. The molecule has 2 aromatic carbocycles. The van der Waals surface area contributed by atoms with Crippen LogP contribution in [0.4, 0.5) is 4.39 Å². The number of carboxylic acids is 1. The van der Waals surface area contributed by atoms with E-state index in [-0.39, 0.29) is 24.1 Å². The van der Waals surface area contributed by atoms with Crippen molar-refractivity contribution in [1.82, 2.24) is 4.57 Å². The third-order valence-electron chi connectivity index (χ3n) is 4.94. The van der Waals surface area contributed by atoms with Gasteiger partial charge in [-0.2, -0.15) is 0 Å². The number of fused-ring (bicyclic) bond motifs is 1. The number of aromatic carboxylic acids is 1. The minimum Gasteiger partial charge on any atom is -0.477 e. The molecule has 0 aliphatic carbocycles. The van der Waals surface area contributed by atoms with Crippen molar-refractivity contribution in [2.24, 2.45) is 0 Å². The van der Waals surface area contributed by atoms with Crippen LogP contribution in [0.3, 0.4) is 0 Å². The van der Waals surface area contributed by atoms with Crippen LogP contribution in [0.1, 0.15) is 32.6 Å². The van der Waals surface area contributed by atoms with E-state index in [1.54, 1.807) is 12.1 Å². The largest absolute Gasteiger partial charge is 0.477 e. The maximum atomic E-state index is 15.2. The average molecular weight is 369 g/mol. The molecule has 0 atom stereocenters. The number of carboxylic acid groups (broad SMARTS) is 1. The second-order valence-corrected chi connectivity index (χ2v) is 6.56. The van der Waals surface area contributed by atoms with E-state index in [0.29, 0.717) is 12.0 Å². The van der Waals surface area contributed by atoms with Gasteiger partial charge in [-0.25, -0.2) is 9.18 Å². The number of halogens is 1. The number of aliphatic hydroxyl groups excluding tert-OH is 1. The Morgan fingerprint density at radius 3 is 2.56 bits per heavy atom. The van der Waals surface area contributed by atoms with Gasteiger partial charge in [0, 0.05) is 19.2 Å². The molecule has 140 valence electrons. The SMILES string of the molecule is Cc1cccc(Cc2ccc3c(c2F)c(=O)c(C(=O)O)cn3CCO)c1C. The molecular weight excluding hydrogens is 349 g/mol. The molecule has 5 nitrogen and oxygen atoms in total. The predicted molar refractivity (Wildman–Crippen MR) is 101 cm³/mol.